The molecule has 0 heterocycles. The molecule has 0 spiro atoms. The van der Waals surface area contributed by atoms with Crippen molar-refractivity contribution in [2.45, 2.75) is 13.8 Å². The van der Waals surface area contributed by atoms with E-state index < -0.39 is 0 Å². The van der Waals surface area contributed by atoms with Gasteiger partial charge in [0.25, 0.3) is 0 Å². The molecule has 0 aliphatic heterocycles. The summed E-state index contributed by atoms with van der Waals surface area (Å²) in [5, 5.41) is 2.30. The molecule has 0 saturated carbocycles. The van der Waals surface area contributed by atoms with Crippen molar-refractivity contribution in [2.75, 3.05) is 0 Å². The summed E-state index contributed by atoms with van der Waals surface area (Å²) in [6, 6.07) is 0. The van der Waals surface area contributed by atoms with Gasteiger partial charge in [0.2, 0.25) is 6.41 Å². The number of nitrogens with one attached hydrogen (secondary N) is 1. The third-order valence-electron chi connectivity index (χ3n) is 0.829. The van der Waals surface area contributed by atoms with Gasteiger partial charge in [-0.15, -0.1) is 0 Å². The van der Waals surface area contributed by atoms with E-state index >= 15 is 0 Å². The highest BCUT2D eigenvalue weighted by Gasteiger charge is 1.74. The van der Waals surface area contributed by atoms with Gasteiger partial charge in [0.05, 0.1) is 6.34 Å². The van der Waals surface area contributed by atoms with Crippen LogP contribution in [0, 0.1) is 0 Å². The van der Waals surface area contributed by atoms with Crippen LogP contribution < -0.4 is 5.32 Å². The summed E-state index contributed by atoms with van der Waals surface area (Å²) in [4.78, 5) is 13.5. The minimum atomic E-state index is 0.576. The summed E-state index contributed by atoms with van der Waals surface area (Å²) in [6.45, 7) is 3.73. The van der Waals surface area contributed by atoms with Crippen molar-refractivity contribution in [2.24, 2.45) is 4.99 Å². The maximum Gasteiger partial charge on any atom is 0.212 e. The molecule has 0 aromatic heterocycles. The maximum atomic E-state index is 9.65. The standard InChI is InChI=1S/C6H10N2O/c1-3-6(2)8-4-7-5-9/h3-5H,1-2H3,(H,7,8,9)/b6-3-. The van der Waals surface area contributed by atoms with Gasteiger partial charge in [-0.25, -0.2) is 4.99 Å². The molecule has 0 unspecified atom stereocenters. The third kappa shape index (κ3) is 4.74. The summed E-state index contributed by atoms with van der Waals surface area (Å²) in [6.07, 6.45) is 3.78. The Morgan fingerprint density at radius 1 is 1.67 bits per heavy atom. The summed E-state index contributed by atoms with van der Waals surface area (Å²) in [5.74, 6) is 0. The Kier molecular flexibility index (Phi) is 4.40. The number of nitrogens with zero attached hydrogens (tertiary/aromatic N) is 1. The van der Waals surface area contributed by atoms with E-state index in [2.05, 4.69) is 10.3 Å². The Hall–Kier alpha value is -1.12. The van der Waals surface area contributed by atoms with Crippen molar-refractivity contribution in [3.05, 3.63) is 11.8 Å². The van der Waals surface area contributed by atoms with E-state index in [-0.39, 0.29) is 0 Å². The van der Waals surface area contributed by atoms with Gasteiger partial charge in [-0.2, -0.15) is 0 Å². The lowest BCUT2D eigenvalue weighted by Gasteiger charge is -1.85. The minimum Gasteiger partial charge on any atom is -0.319 e. The monoisotopic (exact) mass is 126 g/mol. The highest BCUT2D eigenvalue weighted by molar-refractivity contribution is 5.72. The van der Waals surface area contributed by atoms with Gasteiger partial charge >= 0.3 is 0 Å². The van der Waals surface area contributed by atoms with E-state index in [0.717, 1.165) is 5.70 Å². The van der Waals surface area contributed by atoms with E-state index in [1.165, 1.54) is 6.34 Å². The third-order valence-corrected chi connectivity index (χ3v) is 0.829. The molecule has 3 nitrogen and oxygen atoms in total. The second-order valence-electron chi connectivity index (χ2n) is 1.47. The van der Waals surface area contributed by atoms with Gasteiger partial charge in [-0.3, -0.25) is 4.79 Å². The molecular formula is C6H10N2O. The van der Waals surface area contributed by atoms with Crippen LogP contribution in [0.3, 0.4) is 0 Å². The molecule has 0 radical (unpaired) electrons. The number of allylic oxidation sites excluding steroid dienone is 2. The van der Waals surface area contributed by atoms with Crippen LogP contribution in [0.4, 0.5) is 0 Å². The molecule has 0 aromatic carbocycles. The molecule has 3 heteroatoms. The fraction of sp³-hybridized carbons (Fsp3) is 0.333. The van der Waals surface area contributed by atoms with E-state index in [9.17, 15) is 4.79 Å². The van der Waals surface area contributed by atoms with Gasteiger partial charge in [-0.1, -0.05) is 6.08 Å². The lowest BCUT2D eigenvalue weighted by Crippen LogP contribution is -2.06. The average molecular weight is 126 g/mol. The number of carbonyl (C=O) groups is 1. The van der Waals surface area contributed by atoms with Gasteiger partial charge in [0, 0.05) is 5.70 Å². The lowest BCUT2D eigenvalue weighted by molar-refractivity contribution is -0.108. The van der Waals surface area contributed by atoms with Gasteiger partial charge in [0.1, 0.15) is 0 Å². The van der Waals surface area contributed by atoms with Crippen molar-refractivity contribution < 1.29 is 4.79 Å². The van der Waals surface area contributed by atoms with Crippen molar-refractivity contribution in [1.29, 1.82) is 0 Å². The molecule has 9 heavy (non-hydrogen) atoms. The number of amides is 1. The van der Waals surface area contributed by atoms with Crippen LogP contribution in [0.5, 0.6) is 0 Å². The van der Waals surface area contributed by atoms with Crippen LogP contribution in [-0.4, -0.2) is 12.7 Å². The Bertz CT molecular complexity index is 138. The molecule has 1 N–H and O–H groups in total. The normalized spacial score (nSPS) is 12.0. The average Bonchev–Trinajstić information content (AvgIpc) is 1.89. The number of hydrogen-bond donors (Lipinski definition) is 1. The van der Waals surface area contributed by atoms with Crippen molar-refractivity contribution in [3.63, 3.8) is 0 Å². The van der Waals surface area contributed by atoms with Gasteiger partial charge in [-0.05, 0) is 13.8 Å². The molecular weight excluding hydrogens is 116 g/mol. The second kappa shape index (κ2) is 5.03. The maximum absolute atomic E-state index is 9.65. The van der Waals surface area contributed by atoms with Crippen LogP contribution in [0.15, 0.2) is 16.8 Å². The zero-order valence-corrected chi connectivity index (χ0v) is 5.59. The molecule has 0 aliphatic carbocycles. The first kappa shape index (κ1) is 7.88. The molecule has 0 aliphatic rings. The summed E-state index contributed by atoms with van der Waals surface area (Å²) in [5.41, 5.74) is 0.879. The SMILES string of the molecule is C/C=C(/C)N=CNC=O. The molecule has 0 saturated heterocycles. The number of hydrogen-bond acceptors (Lipinski definition) is 2. The highest BCUT2D eigenvalue weighted by Crippen LogP contribution is 1.88. The summed E-state index contributed by atoms with van der Waals surface area (Å²) in [7, 11) is 0. The molecule has 0 atom stereocenters. The molecule has 0 rings (SSSR count). The van der Waals surface area contributed by atoms with Crippen molar-refractivity contribution in [3.8, 4) is 0 Å². The fourth-order valence-electron chi connectivity index (χ4n) is 0.244. The van der Waals surface area contributed by atoms with E-state index in [4.69, 9.17) is 0 Å². The second-order valence-corrected chi connectivity index (χ2v) is 1.47. The smallest absolute Gasteiger partial charge is 0.212 e. The zero-order chi connectivity index (χ0) is 7.11. The Morgan fingerprint density at radius 2 is 2.33 bits per heavy atom. The first-order valence-corrected chi connectivity index (χ1v) is 2.66. The number of aliphatic imine (C=N–C) groups is 1. The largest absolute Gasteiger partial charge is 0.319 e. The van der Waals surface area contributed by atoms with E-state index in [1.54, 1.807) is 0 Å². The predicted octanol–water partition coefficient (Wildman–Crippen LogP) is 0.684. The fourth-order valence-corrected chi connectivity index (χ4v) is 0.244. The zero-order valence-electron chi connectivity index (χ0n) is 5.59. The predicted molar refractivity (Wildman–Crippen MR) is 37.1 cm³/mol. The summed E-state index contributed by atoms with van der Waals surface area (Å²) < 4.78 is 0. The molecule has 0 aromatic rings. The Balaban J connectivity index is 3.56. The molecule has 0 bridgehead atoms. The lowest BCUT2D eigenvalue weighted by atomic mass is 10.5. The molecule has 50 valence electrons. The first-order chi connectivity index (χ1) is 4.31. The van der Waals surface area contributed by atoms with Gasteiger partial charge in [0.15, 0.2) is 0 Å². The summed E-state index contributed by atoms with van der Waals surface area (Å²) >= 11 is 0. The Morgan fingerprint density at radius 3 is 2.78 bits per heavy atom. The van der Waals surface area contributed by atoms with Gasteiger partial charge < -0.3 is 5.32 Å². The molecule has 1 amide bonds. The van der Waals surface area contributed by atoms with Crippen LogP contribution in [-0.2, 0) is 4.79 Å². The first-order valence-electron chi connectivity index (χ1n) is 2.66. The highest BCUT2D eigenvalue weighted by atomic mass is 16.1. The van der Waals surface area contributed by atoms with Crippen LogP contribution >= 0.6 is 0 Å². The van der Waals surface area contributed by atoms with Crippen LogP contribution in [0.2, 0.25) is 0 Å². The number of rotatable bonds is 3. The van der Waals surface area contributed by atoms with Crippen LogP contribution in [0.1, 0.15) is 13.8 Å². The Labute approximate surface area is 54.5 Å². The minimum absolute atomic E-state index is 0.576. The van der Waals surface area contributed by atoms with Crippen LogP contribution in [0.25, 0.3) is 0 Å². The van der Waals surface area contributed by atoms with Crippen molar-refractivity contribution >= 4 is 12.7 Å². The van der Waals surface area contributed by atoms with E-state index in [0.29, 0.717) is 6.41 Å². The quantitative estimate of drug-likeness (QED) is 0.337. The van der Waals surface area contributed by atoms with E-state index in [1.807, 2.05) is 19.9 Å². The molecule has 0 fully saturated rings. The van der Waals surface area contributed by atoms with Crippen molar-refractivity contribution in [1.82, 2.24) is 5.32 Å². The number of carbonyl (C=O) groups excluding carboxylic acids is 1. The topological polar surface area (TPSA) is 41.5 Å².